The minimum atomic E-state index is 0.263. The van der Waals surface area contributed by atoms with Gasteiger partial charge < -0.3 is 9.88 Å². The molecule has 3 aromatic rings. The van der Waals surface area contributed by atoms with Crippen molar-refractivity contribution in [3.8, 4) is 0 Å². The average molecular weight is 344 g/mol. The molecule has 0 saturated heterocycles. The molecule has 0 amide bonds. The summed E-state index contributed by atoms with van der Waals surface area (Å²) in [6, 6.07) is 13.3. The van der Waals surface area contributed by atoms with E-state index < -0.39 is 0 Å². The number of imidazole rings is 1. The Hall–Kier alpha value is -1.65. The first-order valence-corrected chi connectivity index (χ1v) is 7.79. The van der Waals surface area contributed by atoms with Gasteiger partial charge in [0.15, 0.2) is 0 Å². The molecule has 108 valence electrons. The van der Waals surface area contributed by atoms with Crippen molar-refractivity contribution < 1.29 is 0 Å². The molecule has 3 nitrogen and oxygen atoms in total. The van der Waals surface area contributed by atoms with Gasteiger partial charge in [-0.15, -0.1) is 0 Å². The Morgan fingerprint density at radius 2 is 1.95 bits per heavy atom. The lowest BCUT2D eigenvalue weighted by Crippen LogP contribution is -2.20. The van der Waals surface area contributed by atoms with E-state index in [0.717, 1.165) is 16.7 Å². The Labute approximate surface area is 133 Å². The van der Waals surface area contributed by atoms with Crippen LogP contribution in [0, 0.1) is 0 Å². The fourth-order valence-corrected chi connectivity index (χ4v) is 2.99. The molecular formula is C17H18BrN3. The highest BCUT2D eigenvalue weighted by Crippen LogP contribution is 2.25. The molecule has 1 N–H and O–H groups in total. The Bertz CT molecular complexity index is 764. The van der Waals surface area contributed by atoms with Gasteiger partial charge in [0.2, 0.25) is 0 Å². The summed E-state index contributed by atoms with van der Waals surface area (Å²) >= 11 is 3.52. The summed E-state index contributed by atoms with van der Waals surface area (Å²) in [5.74, 6) is 1.09. The molecule has 0 spiro atoms. The third-order valence-electron chi connectivity index (χ3n) is 3.88. The third kappa shape index (κ3) is 3.01. The van der Waals surface area contributed by atoms with Gasteiger partial charge >= 0.3 is 0 Å². The van der Waals surface area contributed by atoms with E-state index in [1.54, 1.807) is 0 Å². The molecule has 1 aromatic heterocycles. The largest absolute Gasteiger partial charge is 0.338 e. The number of fused-ring (bicyclic) bond motifs is 1. The van der Waals surface area contributed by atoms with Crippen molar-refractivity contribution in [2.45, 2.75) is 12.5 Å². The summed E-state index contributed by atoms with van der Waals surface area (Å²) in [6.07, 6.45) is 4.71. The first-order valence-electron chi connectivity index (χ1n) is 7.00. The zero-order valence-electron chi connectivity index (χ0n) is 12.2. The molecule has 21 heavy (non-hydrogen) atoms. The summed E-state index contributed by atoms with van der Waals surface area (Å²) in [5, 5.41) is 5.91. The van der Waals surface area contributed by atoms with Gasteiger partial charge in [-0.2, -0.15) is 0 Å². The Morgan fingerprint density at radius 1 is 1.19 bits per heavy atom. The molecule has 2 aromatic carbocycles. The number of aryl methyl sites for hydroxylation is 1. The van der Waals surface area contributed by atoms with E-state index in [-0.39, 0.29) is 6.04 Å². The zero-order valence-corrected chi connectivity index (χ0v) is 13.8. The lowest BCUT2D eigenvalue weighted by atomic mass is 9.99. The normalized spacial score (nSPS) is 12.7. The maximum atomic E-state index is 4.42. The highest BCUT2D eigenvalue weighted by Gasteiger charge is 2.13. The maximum absolute atomic E-state index is 4.42. The van der Waals surface area contributed by atoms with Crippen molar-refractivity contribution in [3.05, 3.63) is 64.7 Å². The van der Waals surface area contributed by atoms with Gasteiger partial charge in [-0.05, 0) is 41.6 Å². The lowest BCUT2D eigenvalue weighted by molar-refractivity contribution is 0.564. The molecule has 0 aliphatic rings. The van der Waals surface area contributed by atoms with Crippen molar-refractivity contribution in [2.75, 3.05) is 7.05 Å². The minimum Gasteiger partial charge on any atom is -0.338 e. The molecule has 0 aliphatic heterocycles. The van der Waals surface area contributed by atoms with Crippen molar-refractivity contribution in [2.24, 2.45) is 7.05 Å². The van der Waals surface area contributed by atoms with Crippen LogP contribution >= 0.6 is 15.9 Å². The second-order valence-corrected chi connectivity index (χ2v) is 6.17. The predicted octanol–water partition coefficient (Wildman–Crippen LogP) is 3.84. The van der Waals surface area contributed by atoms with Gasteiger partial charge in [0.1, 0.15) is 5.82 Å². The molecule has 1 heterocycles. The second kappa shape index (κ2) is 6.00. The quantitative estimate of drug-likeness (QED) is 0.779. The van der Waals surface area contributed by atoms with Crippen LogP contribution in [-0.4, -0.2) is 16.6 Å². The van der Waals surface area contributed by atoms with Crippen LogP contribution in [0.25, 0.3) is 10.8 Å². The molecular weight excluding hydrogens is 326 g/mol. The first kappa shape index (κ1) is 14.3. The number of hydrogen-bond donors (Lipinski definition) is 1. The van der Waals surface area contributed by atoms with Crippen LogP contribution in [0.3, 0.4) is 0 Å². The van der Waals surface area contributed by atoms with Gasteiger partial charge in [-0.25, -0.2) is 4.98 Å². The topological polar surface area (TPSA) is 29.9 Å². The minimum absolute atomic E-state index is 0.263. The van der Waals surface area contributed by atoms with Crippen LogP contribution in [0.5, 0.6) is 0 Å². The highest BCUT2D eigenvalue weighted by molar-refractivity contribution is 9.10. The summed E-state index contributed by atoms with van der Waals surface area (Å²) in [7, 11) is 4.03. The van der Waals surface area contributed by atoms with Crippen LogP contribution in [0.2, 0.25) is 0 Å². The molecule has 4 heteroatoms. The van der Waals surface area contributed by atoms with Gasteiger partial charge in [0.05, 0.1) is 0 Å². The van der Waals surface area contributed by atoms with Gasteiger partial charge in [-0.3, -0.25) is 0 Å². The Balaban J connectivity index is 1.93. The number of rotatable bonds is 4. The number of benzene rings is 2. The smallest absolute Gasteiger partial charge is 0.110 e. The summed E-state index contributed by atoms with van der Waals surface area (Å²) in [5.41, 5.74) is 1.29. The summed E-state index contributed by atoms with van der Waals surface area (Å²) in [4.78, 5) is 4.42. The van der Waals surface area contributed by atoms with Gasteiger partial charge in [-0.1, -0.05) is 34.1 Å². The molecule has 0 radical (unpaired) electrons. The summed E-state index contributed by atoms with van der Waals surface area (Å²) < 4.78 is 3.18. The number of likely N-dealkylation sites (N-methyl/N-ethyl adjacent to an activating group) is 1. The van der Waals surface area contributed by atoms with Crippen molar-refractivity contribution in [1.82, 2.24) is 14.9 Å². The number of nitrogens with one attached hydrogen (secondary N) is 1. The molecule has 1 atom stereocenters. The van der Waals surface area contributed by atoms with Crippen LogP contribution in [0.15, 0.2) is 53.3 Å². The fraction of sp³-hybridized carbons (Fsp3) is 0.235. The molecule has 0 aliphatic carbocycles. The van der Waals surface area contributed by atoms with Crippen molar-refractivity contribution in [3.63, 3.8) is 0 Å². The molecule has 3 rings (SSSR count). The van der Waals surface area contributed by atoms with Crippen LogP contribution in [0.1, 0.15) is 17.4 Å². The van der Waals surface area contributed by atoms with E-state index in [9.17, 15) is 0 Å². The Kier molecular flexibility index (Phi) is 4.08. The second-order valence-electron chi connectivity index (χ2n) is 5.25. The third-order valence-corrected chi connectivity index (χ3v) is 4.38. The number of hydrogen-bond acceptors (Lipinski definition) is 2. The van der Waals surface area contributed by atoms with E-state index in [1.165, 1.54) is 16.3 Å². The molecule has 1 unspecified atom stereocenters. The fourth-order valence-electron chi connectivity index (χ4n) is 2.61. The number of nitrogens with zero attached hydrogens (tertiary/aromatic N) is 2. The Morgan fingerprint density at radius 3 is 2.67 bits per heavy atom. The van der Waals surface area contributed by atoms with Crippen LogP contribution < -0.4 is 5.32 Å². The molecule has 0 bridgehead atoms. The monoisotopic (exact) mass is 343 g/mol. The zero-order chi connectivity index (χ0) is 14.8. The molecule has 0 fully saturated rings. The highest BCUT2D eigenvalue weighted by atomic mass is 79.9. The lowest BCUT2D eigenvalue weighted by Gasteiger charge is -2.17. The predicted molar refractivity (Wildman–Crippen MR) is 90.4 cm³/mol. The molecule has 0 saturated carbocycles. The number of halogens is 1. The first-order chi connectivity index (χ1) is 10.2. The van der Waals surface area contributed by atoms with Crippen molar-refractivity contribution >= 4 is 26.7 Å². The maximum Gasteiger partial charge on any atom is 0.110 e. The van der Waals surface area contributed by atoms with E-state index in [4.69, 9.17) is 0 Å². The van der Waals surface area contributed by atoms with Crippen molar-refractivity contribution in [1.29, 1.82) is 0 Å². The van der Waals surface area contributed by atoms with E-state index in [0.29, 0.717) is 0 Å². The van der Waals surface area contributed by atoms with Gasteiger partial charge in [0.25, 0.3) is 0 Å². The standard InChI is InChI=1S/C17H18BrN3/c1-19-16(11-17-20-7-8-21(17)2)14-4-3-13-10-15(18)6-5-12(13)9-14/h3-10,16,19H,11H2,1-2H3. The van der Waals surface area contributed by atoms with E-state index in [1.807, 2.05) is 26.5 Å². The average Bonchev–Trinajstić information content (AvgIpc) is 2.89. The van der Waals surface area contributed by atoms with E-state index in [2.05, 4.69) is 67.2 Å². The van der Waals surface area contributed by atoms with E-state index >= 15 is 0 Å². The SMILES string of the molecule is CNC(Cc1nccn1C)c1ccc2cc(Br)ccc2c1. The van der Waals surface area contributed by atoms with Crippen LogP contribution in [0.4, 0.5) is 0 Å². The van der Waals surface area contributed by atoms with Crippen LogP contribution in [-0.2, 0) is 13.5 Å². The van der Waals surface area contributed by atoms with Gasteiger partial charge in [0, 0.05) is 36.4 Å². The summed E-state index contributed by atoms with van der Waals surface area (Å²) in [6.45, 7) is 0. The number of aromatic nitrogens is 2.